The summed E-state index contributed by atoms with van der Waals surface area (Å²) in [5, 5.41) is 11.9. The minimum absolute atomic E-state index is 0.725. The third-order valence-electron chi connectivity index (χ3n) is 2.85. The number of hydrogen-bond donors (Lipinski definition) is 1. The normalized spacial score (nSPS) is 16.1. The standard InChI is InChI=1S/C16H16O2S/c1-16(17,14-8-4-2-5-9-14)12-13-19(18)15-10-6-3-7-11-15/h2-13,17H,1H3/b13-12-. The van der Waals surface area contributed by atoms with Crippen LogP contribution in [0.3, 0.4) is 0 Å². The van der Waals surface area contributed by atoms with Crippen LogP contribution < -0.4 is 0 Å². The van der Waals surface area contributed by atoms with Crippen molar-refractivity contribution in [1.82, 2.24) is 0 Å². The Hall–Kier alpha value is -1.71. The van der Waals surface area contributed by atoms with Gasteiger partial charge in [0.25, 0.3) is 0 Å². The molecule has 0 spiro atoms. The Morgan fingerprint density at radius 3 is 2.11 bits per heavy atom. The number of hydrogen-bond acceptors (Lipinski definition) is 2. The maximum Gasteiger partial charge on any atom is 0.106 e. The quantitative estimate of drug-likeness (QED) is 0.928. The molecule has 0 amide bonds. The van der Waals surface area contributed by atoms with Crippen molar-refractivity contribution in [2.45, 2.75) is 17.4 Å². The van der Waals surface area contributed by atoms with Gasteiger partial charge in [-0.1, -0.05) is 48.5 Å². The monoisotopic (exact) mass is 272 g/mol. The Labute approximate surface area is 115 Å². The first-order valence-electron chi connectivity index (χ1n) is 6.02. The first kappa shape index (κ1) is 13.7. The third kappa shape index (κ3) is 3.63. The van der Waals surface area contributed by atoms with Crippen molar-refractivity contribution in [2.24, 2.45) is 0 Å². The van der Waals surface area contributed by atoms with Gasteiger partial charge in [-0.15, -0.1) is 0 Å². The SMILES string of the molecule is CC(O)(/C=C\S(=O)c1ccccc1)c1ccccc1. The molecule has 0 fully saturated rings. The molecular weight excluding hydrogens is 256 g/mol. The Morgan fingerprint density at radius 1 is 1.00 bits per heavy atom. The maximum atomic E-state index is 12.0. The number of benzene rings is 2. The molecule has 0 saturated heterocycles. The average molecular weight is 272 g/mol. The van der Waals surface area contributed by atoms with Gasteiger partial charge in [0.15, 0.2) is 0 Å². The van der Waals surface area contributed by atoms with Crippen LogP contribution in [0.4, 0.5) is 0 Å². The molecule has 0 aliphatic carbocycles. The van der Waals surface area contributed by atoms with E-state index in [1.165, 1.54) is 5.41 Å². The van der Waals surface area contributed by atoms with Gasteiger partial charge in [-0.25, -0.2) is 4.21 Å². The van der Waals surface area contributed by atoms with Crippen LogP contribution in [-0.4, -0.2) is 9.32 Å². The summed E-state index contributed by atoms with van der Waals surface area (Å²) in [7, 11) is -1.24. The van der Waals surface area contributed by atoms with E-state index in [9.17, 15) is 9.32 Å². The molecule has 19 heavy (non-hydrogen) atoms. The van der Waals surface area contributed by atoms with Crippen LogP contribution in [0.5, 0.6) is 0 Å². The smallest absolute Gasteiger partial charge is 0.106 e. The topological polar surface area (TPSA) is 37.3 Å². The van der Waals surface area contributed by atoms with Crippen LogP contribution >= 0.6 is 0 Å². The first-order chi connectivity index (χ1) is 9.09. The minimum atomic E-state index is -1.24. The second-order valence-electron chi connectivity index (χ2n) is 4.43. The molecule has 1 N–H and O–H groups in total. The van der Waals surface area contributed by atoms with Crippen LogP contribution in [0.25, 0.3) is 0 Å². The van der Waals surface area contributed by atoms with Crippen molar-refractivity contribution >= 4 is 10.8 Å². The predicted octanol–water partition coefficient (Wildman–Crippen LogP) is 3.22. The van der Waals surface area contributed by atoms with Crippen LogP contribution in [0.2, 0.25) is 0 Å². The van der Waals surface area contributed by atoms with E-state index < -0.39 is 16.4 Å². The summed E-state index contributed by atoms with van der Waals surface area (Å²) in [5.74, 6) is 0. The molecule has 0 aliphatic rings. The summed E-state index contributed by atoms with van der Waals surface area (Å²) >= 11 is 0. The zero-order valence-corrected chi connectivity index (χ0v) is 11.5. The second-order valence-corrected chi connectivity index (χ2v) is 5.77. The molecule has 2 aromatic carbocycles. The predicted molar refractivity (Wildman–Crippen MR) is 78.0 cm³/mol. The van der Waals surface area contributed by atoms with Crippen LogP contribution in [0.15, 0.2) is 77.0 Å². The average Bonchev–Trinajstić information content (AvgIpc) is 2.47. The van der Waals surface area contributed by atoms with E-state index in [1.54, 1.807) is 25.1 Å². The Morgan fingerprint density at radius 2 is 1.53 bits per heavy atom. The summed E-state index contributed by atoms with van der Waals surface area (Å²) in [6.45, 7) is 1.68. The molecule has 2 unspecified atom stereocenters. The van der Waals surface area contributed by atoms with Crippen molar-refractivity contribution in [2.75, 3.05) is 0 Å². The third-order valence-corrected chi connectivity index (χ3v) is 3.97. The summed E-state index contributed by atoms with van der Waals surface area (Å²) in [4.78, 5) is 0.725. The molecule has 0 heterocycles. The lowest BCUT2D eigenvalue weighted by molar-refractivity contribution is 0.111. The lowest BCUT2D eigenvalue weighted by Crippen LogP contribution is -2.17. The molecule has 2 rings (SSSR count). The highest BCUT2D eigenvalue weighted by Gasteiger charge is 2.18. The fourth-order valence-electron chi connectivity index (χ4n) is 1.70. The lowest BCUT2D eigenvalue weighted by Gasteiger charge is -2.19. The molecule has 98 valence electrons. The fourth-order valence-corrected chi connectivity index (χ4v) is 2.67. The van der Waals surface area contributed by atoms with E-state index in [-0.39, 0.29) is 0 Å². The van der Waals surface area contributed by atoms with E-state index in [2.05, 4.69) is 0 Å². The molecule has 2 aromatic rings. The Bertz CT molecular complexity index is 574. The molecule has 3 heteroatoms. The summed E-state index contributed by atoms with van der Waals surface area (Å²) in [6, 6.07) is 18.5. The molecule has 0 radical (unpaired) electrons. The van der Waals surface area contributed by atoms with Gasteiger partial charge in [0, 0.05) is 10.3 Å². The van der Waals surface area contributed by atoms with E-state index in [0.29, 0.717) is 0 Å². The van der Waals surface area contributed by atoms with Crippen LogP contribution in [0.1, 0.15) is 12.5 Å². The largest absolute Gasteiger partial charge is 0.381 e. The maximum absolute atomic E-state index is 12.0. The van der Waals surface area contributed by atoms with Gasteiger partial charge < -0.3 is 5.11 Å². The molecular formula is C16H16O2S. The fraction of sp³-hybridized carbons (Fsp3) is 0.125. The Kier molecular flexibility index (Phi) is 4.30. The van der Waals surface area contributed by atoms with Crippen molar-refractivity contribution in [1.29, 1.82) is 0 Å². The molecule has 2 nitrogen and oxygen atoms in total. The van der Waals surface area contributed by atoms with Crippen molar-refractivity contribution < 1.29 is 9.32 Å². The van der Waals surface area contributed by atoms with Gasteiger partial charge in [-0.05, 0) is 30.7 Å². The number of rotatable bonds is 4. The van der Waals surface area contributed by atoms with Gasteiger partial charge in [0.05, 0.1) is 10.8 Å². The van der Waals surface area contributed by atoms with E-state index in [4.69, 9.17) is 0 Å². The van der Waals surface area contributed by atoms with E-state index in [0.717, 1.165) is 10.5 Å². The van der Waals surface area contributed by atoms with Gasteiger partial charge in [-0.2, -0.15) is 0 Å². The van der Waals surface area contributed by atoms with Crippen LogP contribution in [-0.2, 0) is 16.4 Å². The molecule has 0 aromatic heterocycles. The first-order valence-corrected chi connectivity index (χ1v) is 7.24. The van der Waals surface area contributed by atoms with Gasteiger partial charge in [-0.3, -0.25) is 0 Å². The highest BCUT2D eigenvalue weighted by atomic mass is 32.2. The summed E-state index contributed by atoms with van der Waals surface area (Å²) < 4.78 is 12.0. The highest BCUT2D eigenvalue weighted by Crippen LogP contribution is 2.22. The van der Waals surface area contributed by atoms with Crippen LogP contribution in [0, 0.1) is 0 Å². The van der Waals surface area contributed by atoms with Gasteiger partial charge in [0.2, 0.25) is 0 Å². The lowest BCUT2D eigenvalue weighted by atomic mass is 9.97. The summed E-state index contributed by atoms with van der Waals surface area (Å²) in [6.07, 6.45) is 1.57. The second kappa shape index (κ2) is 5.95. The van der Waals surface area contributed by atoms with Crippen molar-refractivity contribution in [3.63, 3.8) is 0 Å². The molecule has 0 aliphatic heterocycles. The minimum Gasteiger partial charge on any atom is -0.381 e. The molecule has 2 atom stereocenters. The van der Waals surface area contributed by atoms with Crippen molar-refractivity contribution in [3.05, 3.63) is 77.7 Å². The molecule has 0 bridgehead atoms. The zero-order valence-electron chi connectivity index (χ0n) is 10.7. The number of aliphatic hydroxyl groups is 1. The highest BCUT2D eigenvalue weighted by molar-refractivity contribution is 7.88. The molecule has 0 saturated carbocycles. The van der Waals surface area contributed by atoms with Gasteiger partial charge >= 0.3 is 0 Å². The zero-order chi connectivity index (χ0) is 13.7. The van der Waals surface area contributed by atoms with Crippen molar-refractivity contribution in [3.8, 4) is 0 Å². The Balaban J connectivity index is 2.17. The van der Waals surface area contributed by atoms with Gasteiger partial charge in [0.1, 0.15) is 5.60 Å². The van der Waals surface area contributed by atoms with E-state index in [1.807, 2.05) is 48.5 Å². The summed E-state index contributed by atoms with van der Waals surface area (Å²) in [5.41, 5.74) is -0.345. The van der Waals surface area contributed by atoms with E-state index >= 15 is 0 Å².